The monoisotopic (exact) mass is 313 g/mol. The molecular formula is C14H20BrNO2. The van der Waals surface area contributed by atoms with Crippen molar-refractivity contribution >= 4 is 21.7 Å². The van der Waals surface area contributed by atoms with E-state index in [2.05, 4.69) is 22.9 Å². The van der Waals surface area contributed by atoms with Gasteiger partial charge in [0.2, 0.25) is 0 Å². The Balaban J connectivity index is 2.69. The van der Waals surface area contributed by atoms with Gasteiger partial charge in [-0.15, -0.1) is 0 Å². The molecule has 2 N–H and O–H groups in total. The number of hydrogen-bond donors (Lipinski definition) is 1. The van der Waals surface area contributed by atoms with E-state index in [-0.39, 0.29) is 5.78 Å². The first-order valence-electron chi connectivity index (χ1n) is 6.14. The van der Waals surface area contributed by atoms with Crippen LogP contribution in [0.2, 0.25) is 0 Å². The van der Waals surface area contributed by atoms with Crippen molar-refractivity contribution in [3.63, 3.8) is 0 Å². The lowest BCUT2D eigenvalue weighted by Crippen LogP contribution is -2.18. The number of rotatable bonds is 7. The van der Waals surface area contributed by atoms with Gasteiger partial charge in [0.05, 0.1) is 7.11 Å². The van der Waals surface area contributed by atoms with Crippen LogP contribution in [0.1, 0.15) is 25.3 Å². The van der Waals surface area contributed by atoms with Crippen LogP contribution in [0.15, 0.2) is 22.7 Å². The molecule has 1 rings (SSSR count). The summed E-state index contributed by atoms with van der Waals surface area (Å²) in [6.45, 7) is 2.63. The Morgan fingerprint density at radius 3 is 2.78 bits per heavy atom. The number of ether oxygens (including phenoxy) is 1. The van der Waals surface area contributed by atoms with Crippen molar-refractivity contribution in [3.05, 3.63) is 28.2 Å². The number of methoxy groups -OCH3 is 1. The molecule has 3 nitrogen and oxygen atoms in total. The molecule has 0 spiro atoms. The number of benzene rings is 1. The lowest BCUT2D eigenvalue weighted by molar-refractivity contribution is -0.119. The number of hydrogen-bond acceptors (Lipinski definition) is 3. The second-order valence-electron chi connectivity index (χ2n) is 4.39. The van der Waals surface area contributed by atoms with E-state index >= 15 is 0 Å². The van der Waals surface area contributed by atoms with Crippen LogP contribution >= 0.6 is 15.9 Å². The van der Waals surface area contributed by atoms with Gasteiger partial charge < -0.3 is 10.5 Å². The van der Waals surface area contributed by atoms with Crippen LogP contribution in [0.3, 0.4) is 0 Å². The molecule has 0 bridgehead atoms. The summed E-state index contributed by atoms with van der Waals surface area (Å²) in [5.41, 5.74) is 6.58. The van der Waals surface area contributed by atoms with Crippen molar-refractivity contribution in [2.24, 2.45) is 11.7 Å². The van der Waals surface area contributed by atoms with Gasteiger partial charge in [0.15, 0.2) is 0 Å². The van der Waals surface area contributed by atoms with Gasteiger partial charge in [0, 0.05) is 17.3 Å². The molecule has 1 aromatic carbocycles. The lowest BCUT2D eigenvalue weighted by Gasteiger charge is -2.12. The van der Waals surface area contributed by atoms with E-state index in [4.69, 9.17) is 10.5 Å². The number of carbonyl (C=O) groups is 1. The van der Waals surface area contributed by atoms with E-state index < -0.39 is 0 Å². The molecule has 0 amide bonds. The third kappa shape index (κ3) is 4.42. The van der Waals surface area contributed by atoms with Gasteiger partial charge in [-0.3, -0.25) is 4.79 Å². The Morgan fingerprint density at radius 2 is 2.22 bits per heavy atom. The Morgan fingerprint density at radius 1 is 1.50 bits per heavy atom. The SMILES string of the molecule is CCC(CN)CC(=O)Cc1cc(OC)ccc1Br. The molecule has 18 heavy (non-hydrogen) atoms. The second kappa shape index (κ2) is 7.54. The van der Waals surface area contributed by atoms with Gasteiger partial charge in [-0.25, -0.2) is 0 Å². The van der Waals surface area contributed by atoms with E-state index in [0.717, 1.165) is 22.2 Å². The Kier molecular flexibility index (Phi) is 6.36. The summed E-state index contributed by atoms with van der Waals surface area (Å²) in [4.78, 5) is 12.0. The number of nitrogens with two attached hydrogens (primary N) is 1. The minimum atomic E-state index is 0.223. The van der Waals surface area contributed by atoms with Crippen LogP contribution in [-0.2, 0) is 11.2 Å². The summed E-state index contributed by atoms with van der Waals surface area (Å²) in [5.74, 6) is 1.29. The van der Waals surface area contributed by atoms with Crippen LogP contribution in [0, 0.1) is 5.92 Å². The first kappa shape index (κ1) is 15.2. The summed E-state index contributed by atoms with van der Waals surface area (Å²) in [7, 11) is 1.62. The highest BCUT2D eigenvalue weighted by atomic mass is 79.9. The number of ketones is 1. The van der Waals surface area contributed by atoms with Crippen LogP contribution in [0.4, 0.5) is 0 Å². The standard InChI is InChI=1S/C14H20BrNO2/c1-3-10(9-16)6-12(17)7-11-8-13(18-2)4-5-14(11)15/h4-5,8,10H,3,6-7,9,16H2,1-2H3. The quantitative estimate of drug-likeness (QED) is 0.842. The molecule has 4 heteroatoms. The maximum Gasteiger partial charge on any atom is 0.137 e. The lowest BCUT2D eigenvalue weighted by atomic mass is 9.96. The maximum atomic E-state index is 12.0. The first-order chi connectivity index (χ1) is 8.60. The predicted octanol–water partition coefficient (Wildman–Crippen LogP) is 2.94. The highest BCUT2D eigenvalue weighted by molar-refractivity contribution is 9.10. The zero-order valence-corrected chi connectivity index (χ0v) is 12.5. The number of Topliss-reactive ketones (excluding diaryl/α,β-unsaturated/α-hetero) is 1. The van der Waals surface area contributed by atoms with Crippen LogP contribution < -0.4 is 10.5 Å². The molecule has 0 saturated heterocycles. The van der Waals surface area contributed by atoms with Gasteiger partial charge in [-0.1, -0.05) is 29.3 Å². The van der Waals surface area contributed by atoms with E-state index in [1.807, 2.05) is 18.2 Å². The Bertz CT molecular complexity index is 403. The molecular weight excluding hydrogens is 294 g/mol. The van der Waals surface area contributed by atoms with Crippen LogP contribution in [0.5, 0.6) is 5.75 Å². The predicted molar refractivity (Wildman–Crippen MR) is 76.9 cm³/mol. The van der Waals surface area contributed by atoms with Crippen molar-refractivity contribution in [1.82, 2.24) is 0 Å². The molecule has 1 aromatic rings. The molecule has 0 heterocycles. The molecule has 0 saturated carbocycles. The largest absolute Gasteiger partial charge is 0.497 e. The highest BCUT2D eigenvalue weighted by Crippen LogP contribution is 2.23. The molecule has 0 aliphatic carbocycles. The van der Waals surface area contributed by atoms with Crippen LogP contribution in [-0.4, -0.2) is 19.4 Å². The summed E-state index contributed by atoms with van der Waals surface area (Å²) < 4.78 is 6.10. The van der Waals surface area contributed by atoms with Gasteiger partial charge >= 0.3 is 0 Å². The van der Waals surface area contributed by atoms with Crippen molar-refractivity contribution in [3.8, 4) is 5.75 Å². The molecule has 100 valence electrons. The van der Waals surface area contributed by atoms with Crippen molar-refractivity contribution in [1.29, 1.82) is 0 Å². The zero-order valence-electron chi connectivity index (χ0n) is 10.9. The minimum absolute atomic E-state index is 0.223. The van der Waals surface area contributed by atoms with E-state index in [1.165, 1.54) is 0 Å². The highest BCUT2D eigenvalue weighted by Gasteiger charge is 2.13. The van der Waals surface area contributed by atoms with Gasteiger partial charge in [-0.2, -0.15) is 0 Å². The molecule has 1 atom stereocenters. The maximum absolute atomic E-state index is 12.0. The summed E-state index contributed by atoms with van der Waals surface area (Å²) >= 11 is 3.46. The fraction of sp³-hybridized carbons (Fsp3) is 0.500. The normalized spacial score (nSPS) is 12.2. The summed E-state index contributed by atoms with van der Waals surface area (Å²) in [6.07, 6.45) is 1.92. The fourth-order valence-corrected chi connectivity index (χ4v) is 2.20. The molecule has 0 radical (unpaired) electrons. The van der Waals surface area contributed by atoms with E-state index in [0.29, 0.717) is 25.3 Å². The van der Waals surface area contributed by atoms with E-state index in [1.54, 1.807) is 7.11 Å². The average molecular weight is 314 g/mol. The fourth-order valence-electron chi connectivity index (χ4n) is 1.81. The zero-order chi connectivity index (χ0) is 13.5. The molecule has 0 aromatic heterocycles. The summed E-state index contributed by atoms with van der Waals surface area (Å²) in [6, 6.07) is 5.67. The van der Waals surface area contributed by atoms with Crippen molar-refractivity contribution < 1.29 is 9.53 Å². The molecule has 1 unspecified atom stereocenters. The topological polar surface area (TPSA) is 52.3 Å². The van der Waals surface area contributed by atoms with Gasteiger partial charge in [0.1, 0.15) is 11.5 Å². The van der Waals surface area contributed by atoms with Gasteiger partial charge in [0.25, 0.3) is 0 Å². The first-order valence-corrected chi connectivity index (χ1v) is 6.94. The molecule has 0 aliphatic rings. The minimum Gasteiger partial charge on any atom is -0.497 e. The smallest absolute Gasteiger partial charge is 0.137 e. The third-order valence-electron chi connectivity index (χ3n) is 3.07. The number of carbonyl (C=O) groups excluding carboxylic acids is 1. The second-order valence-corrected chi connectivity index (χ2v) is 5.24. The summed E-state index contributed by atoms with van der Waals surface area (Å²) in [5, 5.41) is 0. The van der Waals surface area contributed by atoms with E-state index in [9.17, 15) is 4.79 Å². The molecule has 0 fully saturated rings. The Labute approximate surface area is 117 Å². The van der Waals surface area contributed by atoms with Crippen LogP contribution in [0.25, 0.3) is 0 Å². The van der Waals surface area contributed by atoms with Gasteiger partial charge in [-0.05, 0) is 36.2 Å². The third-order valence-corrected chi connectivity index (χ3v) is 3.84. The Hall–Kier alpha value is -0.870. The average Bonchev–Trinajstić information content (AvgIpc) is 2.38. The molecule has 0 aliphatic heterocycles. The van der Waals surface area contributed by atoms with Crippen molar-refractivity contribution in [2.45, 2.75) is 26.2 Å². The number of halogens is 1. The van der Waals surface area contributed by atoms with Crippen molar-refractivity contribution in [2.75, 3.05) is 13.7 Å².